The maximum atomic E-state index is 12.2. The van der Waals surface area contributed by atoms with Crippen molar-refractivity contribution in [3.8, 4) is 0 Å². The van der Waals surface area contributed by atoms with Crippen molar-refractivity contribution in [2.75, 3.05) is 23.0 Å². The largest absolute Gasteiger partial charge is 0.351 e. The fourth-order valence-electron chi connectivity index (χ4n) is 2.72. The van der Waals surface area contributed by atoms with Gasteiger partial charge in [0.25, 0.3) is 0 Å². The molecule has 1 aliphatic rings. The molecule has 1 aliphatic heterocycles. The molecule has 2 rings (SSSR count). The quantitative estimate of drug-likeness (QED) is 0.886. The van der Waals surface area contributed by atoms with Crippen molar-refractivity contribution in [3.63, 3.8) is 0 Å². The normalized spacial score (nSPS) is 19.3. The molecule has 23 heavy (non-hydrogen) atoms. The zero-order valence-electron chi connectivity index (χ0n) is 13.6. The van der Waals surface area contributed by atoms with Gasteiger partial charge in [-0.2, -0.15) is 0 Å². The molecular formula is C16H22N2O4S. The number of rotatable bonds is 4. The summed E-state index contributed by atoms with van der Waals surface area (Å²) in [7, 11) is -3.05. The lowest BCUT2D eigenvalue weighted by molar-refractivity contribution is -0.123. The van der Waals surface area contributed by atoms with Crippen LogP contribution in [0.3, 0.4) is 0 Å². The highest BCUT2D eigenvalue weighted by Crippen LogP contribution is 2.23. The molecule has 1 heterocycles. The molecular weight excluding hydrogens is 316 g/mol. The van der Waals surface area contributed by atoms with Gasteiger partial charge in [0.1, 0.15) is 6.54 Å². The maximum absolute atomic E-state index is 12.2. The van der Waals surface area contributed by atoms with Crippen molar-refractivity contribution >= 4 is 27.3 Å². The summed E-state index contributed by atoms with van der Waals surface area (Å²) < 4.78 is 22.9. The Kier molecular flexibility index (Phi) is 5.09. The van der Waals surface area contributed by atoms with Gasteiger partial charge in [-0.3, -0.25) is 9.59 Å². The minimum Gasteiger partial charge on any atom is -0.351 e. The van der Waals surface area contributed by atoms with E-state index in [1.54, 1.807) is 6.07 Å². The van der Waals surface area contributed by atoms with E-state index in [-0.39, 0.29) is 35.9 Å². The van der Waals surface area contributed by atoms with Crippen LogP contribution < -0.4 is 10.2 Å². The van der Waals surface area contributed by atoms with Crippen LogP contribution >= 0.6 is 0 Å². The molecule has 0 aliphatic carbocycles. The van der Waals surface area contributed by atoms with E-state index in [2.05, 4.69) is 5.32 Å². The molecule has 0 aromatic heterocycles. The third-order valence-corrected chi connectivity index (χ3v) is 5.91. The van der Waals surface area contributed by atoms with Crippen LogP contribution in [0, 0.1) is 13.8 Å². The maximum Gasteiger partial charge on any atom is 0.240 e. The number of carbonyl (C=O) groups is 2. The summed E-state index contributed by atoms with van der Waals surface area (Å²) in [5.41, 5.74) is 2.68. The van der Waals surface area contributed by atoms with Gasteiger partial charge in [-0.1, -0.05) is 12.1 Å². The second-order valence-corrected chi connectivity index (χ2v) is 8.22. The molecule has 1 saturated heterocycles. The van der Waals surface area contributed by atoms with E-state index < -0.39 is 9.84 Å². The molecule has 1 aromatic carbocycles. The monoisotopic (exact) mass is 338 g/mol. The first-order valence-corrected chi connectivity index (χ1v) is 9.36. The van der Waals surface area contributed by atoms with Crippen LogP contribution in [0.4, 0.5) is 5.69 Å². The molecule has 1 N–H and O–H groups in total. The van der Waals surface area contributed by atoms with E-state index in [1.165, 1.54) is 11.8 Å². The summed E-state index contributed by atoms with van der Waals surface area (Å²) in [4.78, 5) is 25.5. The van der Waals surface area contributed by atoms with Gasteiger partial charge in [-0.25, -0.2) is 8.42 Å². The fraction of sp³-hybridized carbons (Fsp3) is 0.500. The van der Waals surface area contributed by atoms with Gasteiger partial charge in [0, 0.05) is 18.7 Å². The summed E-state index contributed by atoms with van der Waals surface area (Å²) in [5, 5.41) is 2.71. The average molecular weight is 338 g/mol. The van der Waals surface area contributed by atoms with Gasteiger partial charge in [-0.05, 0) is 37.5 Å². The summed E-state index contributed by atoms with van der Waals surface area (Å²) in [6, 6.07) is 5.23. The van der Waals surface area contributed by atoms with Crippen molar-refractivity contribution in [2.45, 2.75) is 33.2 Å². The zero-order valence-corrected chi connectivity index (χ0v) is 14.4. The molecule has 0 saturated carbocycles. The van der Waals surface area contributed by atoms with Crippen LogP contribution in [0.25, 0.3) is 0 Å². The summed E-state index contributed by atoms with van der Waals surface area (Å²) in [6.45, 7) is 5.15. The number of benzene rings is 1. The van der Waals surface area contributed by atoms with Crippen LogP contribution in [0.2, 0.25) is 0 Å². The Balaban J connectivity index is 2.09. The molecule has 0 radical (unpaired) electrons. The minimum absolute atomic E-state index is 0.0255. The molecule has 126 valence electrons. The Bertz CT molecular complexity index is 728. The van der Waals surface area contributed by atoms with E-state index in [0.717, 1.165) is 11.1 Å². The van der Waals surface area contributed by atoms with Crippen molar-refractivity contribution in [3.05, 3.63) is 29.3 Å². The van der Waals surface area contributed by atoms with Crippen molar-refractivity contribution < 1.29 is 18.0 Å². The van der Waals surface area contributed by atoms with E-state index in [1.807, 2.05) is 26.0 Å². The highest BCUT2D eigenvalue weighted by molar-refractivity contribution is 7.91. The second kappa shape index (κ2) is 6.70. The number of hydrogen-bond donors (Lipinski definition) is 1. The van der Waals surface area contributed by atoms with Crippen molar-refractivity contribution in [1.82, 2.24) is 5.32 Å². The topological polar surface area (TPSA) is 83.6 Å². The van der Waals surface area contributed by atoms with Gasteiger partial charge >= 0.3 is 0 Å². The molecule has 1 aromatic rings. The zero-order chi connectivity index (χ0) is 17.2. The lowest BCUT2D eigenvalue weighted by Gasteiger charge is -2.24. The highest BCUT2D eigenvalue weighted by Gasteiger charge is 2.29. The van der Waals surface area contributed by atoms with Gasteiger partial charge in [0.2, 0.25) is 11.8 Å². The fourth-order valence-corrected chi connectivity index (χ4v) is 4.39. The molecule has 6 nitrogen and oxygen atoms in total. The SMILES string of the molecule is CC(=O)N(CC(=O)NC1CCS(=O)(=O)C1)c1cccc(C)c1C. The average Bonchev–Trinajstić information content (AvgIpc) is 2.78. The highest BCUT2D eigenvalue weighted by atomic mass is 32.2. The molecule has 7 heteroatoms. The van der Waals surface area contributed by atoms with Crippen molar-refractivity contribution in [2.24, 2.45) is 0 Å². The summed E-state index contributed by atoms with van der Waals surface area (Å²) in [6.07, 6.45) is 0.428. The Morgan fingerprint density at radius 2 is 2.00 bits per heavy atom. The number of aryl methyl sites for hydroxylation is 1. The van der Waals surface area contributed by atoms with Crippen LogP contribution in [-0.4, -0.2) is 44.3 Å². The number of amides is 2. The number of hydrogen-bond acceptors (Lipinski definition) is 4. The predicted molar refractivity (Wildman–Crippen MR) is 89.1 cm³/mol. The van der Waals surface area contributed by atoms with E-state index in [4.69, 9.17) is 0 Å². The Morgan fingerprint density at radius 1 is 1.30 bits per heavy atom. The molecule has 1 fully saturated rings. The lowest BCUT2D eigenvalue weighted by Crippen LogP contribution is -2.44. The number of carbonyl (C=O) groups excluding carboxylic acids is 2. The Hall–Kier alpha value is -1.89. The van der Waals surface area contributed by atoms with Gasteiger partial charge < -0.3 is 10.2 Å². The standard InChI is InChI=1S/C16H22N2O4S/c1-11-5-4-6-15(12(11)2)18(13(3)19)9-16(20)17-14-7-8-23(21,22)10-14/h4-6,14H,7-10H2,1-3H3,(H,17,20). The first-order chi connectivity index (χ1) is 10.7. The summed E-state index contributed by atoms with van der Waals surface area (Å²) in [5.74, 6) is -0.496. The first-order valence-electron chi connectivity index (χ1n) is 7.54. The lowest BCUT2D eigenvalue weighted by atomic mass is 10.1. The van der Waals surface area contributed by atoms with E-state index >= 15 is 0 Å². The van der Waals surface area contributed by atoms with Crippen LogP contribution in [0.15, 0.2) is 18.2 Å². The number of nitrogens with one attached hydrogen (secondary N) is 1. The number of sulfone groups is 1. The molecule has 1 unspecified atom stereocenters. The smallest absolute Gasteiger partial charge is 0.240 e. The Labute approximate surface area is 136 Å². The molecule has 1 atom stereocenters. The third kappa shape index (κ3) is 4.31. The Morgan fingerprint density at radius 3 is 2.57 bits per heavy atom. The van der Waals surface area contributed by atoms with Crippen molar-refractivity contribution in [1.29, 1.82) is 0 Å². The third-order valence-electron chi connectivity index (χ3n) is 4.15. The van der Waals surface area contributed by atoms with Crippen LogP contribution in [0.5, 0.6) is 0 Å². The van der Waals surface area contributed by atoms with E-state index in [9.17, 15) is 18.0 Å². The van der Waals surface area contributed by atoms with Gasteiger partial charge in [0.15, 0.2) is 9.84 Å². The first kappa shape index (κ1) is 17.5. The van der Waals surface area contributed by atoms with E-state index in [0.29, 0.717) is 12.1 Å². The number of anilines is 1. The second-order valence-electron chi connectivity index (χ2n) is 5.99. The number of nitrogens with zero attached hydrogens (tertiary/aromatic N) is 1. The van der Waals surface area contributed by atoms with Crippen LogP contribution in [0.1, 0.15) is 24.5 Å². The molecule has 0 spiro atoms. The van der Waals surface area contributed by atoms with Gasteiger partial charge in [0.05, 0.1) is 11.5 Å². The minimum atomic E-state index is -3.05. The molecule has 2 amide bonds. The summed E-state index contributed by atoms with van der Waals surface area (Å²) >= 11 is 0. The van der Waals surface area contributed by atoms with Gasteiger partial charge in [-0.15, -0.1) is 0 Å². The molecule has 0 bridgehead atoms. The predicted octanol–water partition coefficient (Wildman–Crippen LogP) is 0.960. The van der Waals surface area contributed by atoms with Crippen LogP contribution in [-0.2, 0) is 19.4 Å².